The second-order valence-electron chi connectivity index (χ2n) is 8.13. The fraction of sp³-hybridized carbons (Fsp3) is 0.391. The van der Waals surface area contributed by atoms with Crippen LogP contribution in [0.4, 0.5) is 5.00 Å². The monoisotopic (exact) mass is 473 g/mol. The standard InChI is InChI=1S/C23H27N3O4S2/c1-2-21(27)24-22-14-18-15-26(16-20(18)31-22)32(29,30)19-10-12-25(13-11-19)23(28)9-8-17-6-4-3-5-7-17/h2-7,14,19H,1,8-13,15-16H2,(H,24,27). The van der Waals surface area contributed by atoms with Gasteiger partial charge in [0.2, 0.25) is 21.8 Å². The summed E-state index contributed by atoms with van der Waals surface area (Å²) in [4.78, 5) is 26.8. The molecule has 2 aliphatic heterocycles. The van der Waals surface area contributed by atoms with Gasteiger partial charge in [-0.1, -0.05) is 36.9 Å². The lowest BCUT2D eigenvalue weighted by atomic mass is 10.1. The summed E-state index contributed by atoms with van der Waals surface area (Å²) in [5.41, 5.74) is 2.07. The van der Waals surface area contributed by atoms with Gasteiger partial charge in [0.15, 0.2) is 0 Å². The lowest BCUT2D eigenvalue weighted by Gasteiger charge is -2.33. The van der Waals surface area contributed by atoms with Crippen LogP contribution in [0, 0.1) is 0 Å². The molecule has 0 atom stereocenters. The Hall–Kier alpha value is -2.49. The fourth-order valence-electron chi connectivity index (χ4n) is 4.22. The molecule has 0 spiro atoms. The van der Waals surface area contributed by atoms with Gasteiger partial charge in [-0.3, -0.25) is 9.59 Å². The third kappa shape index (κ3) is 4.95. The average Bonchev–Trinajstić information content (AvgIpc) is 3.37. The van der Waals surface area contributed by atoms with E-state index in [0.29, 0.717) is 56.9 Å². The molecule has 2 aliphatic rings. The van der Waals surface area contributed by atoms with Gasteiger partial charge in [0.05, 0.1) is 10.3 Å². The molecule has 4 rings (SSSR count). The molecule has 1 fully saturated rings. The number of hydrogen-bond donors (Lipinski definition) is 1. The van der Waals surface area contributed by atoms with Crippen molar-refractivity contribution in [1.29, 1.82) is 0 Å². The number of likely N-dealkylation sites (tertiary alicyclic amines) is 1. The maximum absolute atomic E-state index is 13.2. The fourth-order valence-corrected chi connectivity index (χ4v) is 7.25. The molecule has 0 bridgehead atoms. The zero-order valence-electron chi connectivity index (χ0n) is 17.8. The summed E-state index contributed by atoms with van der Waals surface area (Å²) in [6.07, 6.45) is 3.27. The summed E-state index contributed by atoms with van der Waals surface area (Å²) in [7, 11) is -3.45. The van der Waals surface area contributed by atoms with Crippen LogP contribution in [0.3, 0.4) is 0 Å². The van der Waals surface area contributed by atoms with Gasteiger partial charge in [-0.2, -0.15) is 4.31 Å². The average molecular weight is 474 g/mol. The van der Waals surface area contributed by atoms with Gasteiger partial charge >= 0.3 is 0 Å². The summed E-state index contributed by atoms with van der Waals surface area (Å²) in [6.45, 7) is 5.05. The van der Waals surface area contributed by atoms with E-state index in [9.17, 15) is 18.0 Å². The van der Waals surface area contributed by atoms with Crippen LogP contribution in [-0.4, -0.2) is 47.8 Å². The Morgan fingerprint density at radius 2 is 1.88 bits per heavy atom. The largest absolute Gasteiger partial charge is 0.343 e. The molecule has 0 radical (unpaired) electrons. The van der Waals surface area contributed by atoms with Crippen molar-refractivity contribution in [2.45, 2.75) is 44.0 Å². The van der Waals surface area contributed by atoms with Gasteiger partial charge in [-0.15, -0.1) is 11.3 Å². The highest BCUT2D eigenvalue weighted by Crippen LogP contribution is 2.37. The van der Waals surface area contributed by atoms with Crippen molar-refractivity contribution in [2.24, 2.45) is 0 Å². The van der Waals surface area contributed by atoms with Gasteiger partial charge in [-0.25, -0.2) is 8.42 Å². The molecule has 1 saturated heterocycles. The molecule has 32 heavy (non-hydrogen) atoms. The molecule has 0 aliphatic carbocycles. The van der Waals surface area contributed by atoms with Crippen molar-refractivity contribution < 1.29 is 18.0 Å². The van der Waals surface area contributed by atoms with Crippen LogP contribution in [0.5, 0.6) is 0 Å². The van der Waals surface area contributed by atoms with Crippen molar-refractivity contribution >= 4 is 38.2 Å². The maximum Gasteiger partial charge on any atom is 0.248 e. The molecule has 2 aromatic rings. The Balaban J connectivity index is 1.29. The topological polar surface area (TPSA) is 86.8 Å². The highest BCUT2D eigenvalue weighted by Gasteiger charge is 2.38. The highest BCUT2D eigenvalue weighted by atomic mass is 32.2. The summed E-state index contributed by atoms with van der Waals surface area (Å²) in [5, 5.41) is 2.97. The molecule has 2 amide bonds. The molecule has 0 unspecified atom stereocenters. The number of hydrogen-bond acceptors (Lipinski definition) is 5. The number of benzene rings is 1. The van der Waals surface area contributed by atoms with Crippen molar-refractivity contribution in [1.82, 2.24) is 9.21 Å². The number of carbonyl (C=O) groups is 2. The summed E-state index contributed by atoms with van der Waals surface area (Å²) in [5.74, 6) is -0.193. The summed E-state index contributed by atoms with van der Waals surface area (Å²) in [6, 6.07) is 11.7. The minimum Gasteiger partial charge on any atom is -0.343 e. The lowest BCUT2D eigenvalue weighted by Crippen LogP contribution is -2.45. The molecule has 7 nitrogen and oxygen atoms in total. The number of thiophene rings is 1. The van der Waals surface area contributed by atoms with Gasteiger partial charge in [0, 0.05) is 37.5 Å². The number of nitrogens with one attached hydrogen (secondary N) is 1. The molecule has 1 aromatic heterocycles. The van der Waals surface area contributed by atoms with Crippen molar-refractivity contribution in [3.63, 3.8) is 0 Å². The first-order valence-corrected chi connectivity index (χ1v) is 13.0. The molecule has 0 saturated carbocycles. The Morgan fingerprint density at radius 3 is 2.53 bits per heavy atom. The van der Waals surface area contributed by atoms with E-state index in [1.165, 1.54) is 21.7 Å². The molecule has 1 aromatic carbocycles. The van der Waals surface area contributed by atoms with Crippen LogP contribution in [0.1, 0.15) is 35.3 Å². The first-order chi connectivity index (χ1) is 15.4. The highest BCUT2D eigenvalue weighted by molar-refractivity contribution is 7.89. The van der Waals surface area contributed by atoms with Crippen LogP contribution in [0.25, 0.3) is 0 Å². The summed E-state index contributed by atoms with van der Waals surface area (Å²) < 4.78 is 27.9. The van der Waals surface area contributed by atoms with Crippen LogP contribution in [0.2, 0.25) is 0 Å². The number of piperidine rings is 1. The smallest absolute Gasteiger partial charge is 0.248 e. The Labute approximate surface area is 192 Å². The number of carbonyl (C=O) groups excluding carboxylic acids is 2. The van der Waals surface area contributed by atoms with Gasteiger partial charge in [0.1, 0.15) is 0 Å². The van der Waals surface area contributed by atoms with E-state index in [1.807, 2.05) is 36.4 Å². The number of aryl methyl sites for hydroxylation is 1. The van der Waals surface area contributed by atoms with E-state index in [1.54, 1.807) is 4.90 Å². The van der Waals surface area contributed by atoms with E-state index >= 15 is 0 Å². The van der Waals surface area contributed by atoms with Crippen LogP contribution in [0.15, 0.2) is 49.1 Å². The molecule has 9 heteroatoms. The molecular weight excluding hydrogens is 446 g/mol. The van der Waals surface area contributed by atoms with Crippen molar-refractivity contribution in [3.8, 4) is 0 Å². The van der Waals surface area contributed by atoms with Crippen LogP contribution >= 0.6 is 11.3 Å². The Bertz CT molecular complexity index is 1080. The van der Waals surface area contributed by atoms with Crippen molar-refractivity contribution in [2.75, 3.05) is 18.4 Å². The second-order valence-corrected chi connectivity index (χ2v) is 11.5. The van der Waals surface area contributed by atoms with E-state index in [-0.39, 0.29) is 11.8 Å². The van der Waals surface area contributed by atoms with Crippen LogP contribution < -0.4 is 5.32 Å². The third-order valence-corrected chi connectivity index (χ3v) is 9.41. The Kier molecular flexibility index (Phi) is 6.78. The number of rotatable bonds is 7. The minimum absolute atomic E-state index is 0.0853. The number of sulfonamides is 1. The van der Waals surface area contributed by atoms with E-state index < -0.39 is 15.3 Å². The zero-order valence-corrected chi connectivity index (χ0v) is 19.5. The minimum atomic E-state index is -3.45. The van der Waals surface area contributed by atoms with Gasteiger partial charge in [-0.05, 0) is 42.5 Å². The van der Waals surface area contributed by atoms with Gasteiger partial charge in [0.25, 0.3) is 0 Å². The van der Waals surface area contributed by atoms with Crippen molar-refractivity contribution in [3.05, 3.63) is 65.1 Å². The number of nitrogens with zero attached hydrogens (tertiary/aromatic N) is 2. The van der Waals surface area contributed by atoms with E-state index in [2.05, 4.69) is 11.9 Å². The predicted octanol–water partition coefficient (Wildman–Crippen LogP) is 3.14. The predicted molar refractivity (Wildman–Crippen MR) is 126 cm³/mol. The lowest BCUT2D eigenvalue weighted by molar-refractivity contribution is -0.132. The van der Waals surface area contributed by atoms with Crippen LogP contribution in [-0.2, 0) is 39.1 Å². The zero-order chi connectivity index (χ0) is 22.7. The SMILES string of the molecule is C=CC(=O)Nc1cc2c(s1)CN(S(=O)(=O)C1CCN(C(=O)CCc3ccccc3)CC1)C2. The van der Waals surface area contributed by atoms with Gasteiger partial charge < -0.3 is 10.2 Å². The first kappa shape index (κ1) is 22.7. The number of fused-ring (bicyclic) bond motifs is 1. The molecule has 170 valence electrons. The maximum atomic E-state index is 13.2. The number of amides is 2. The molecular formula is C23H27N3O4S2. The van der Waals surface area contributed by atoms with E-state index in [0.717, 1.165) is 16.0 Å². The van der Waals surface area contributed by atoms with E-state index in [4.69, 9.17) is 0 Å². The Morgan fingerprint density at radius 1 is 1.16 bits per heavy atom. The first-order valence-electron chi connectivity index (χ1n) is 10.7. The summed E-state index contributed by atoms with van der Waals surface area (Å²) >= 11 is 1.40. The molecule has 1 N–H and O–H groups in total. The third-order valence-electron chi connectivity index (χ3n) is 6.04. The quantitative estimate of drug-likeness (QED) is 0.626. The molecule has 3 heterocycles. The second kappa shape index (κ2) is 9.56. The number of anilines is 1. The normalized spacial score (nSPS) is 17.2.